The predicted molar refractivity (Wildman–Crippen MR) is 93.8 cm³/mol. The molecule has 1 amide bonds. The number of ether oxygens (including phenoxy) is 2. The minimum Gasteiger partial charge on any atom is -0.483 e. The van der Waals surface area contributed by atoms with Crippen LogP contribution in [0.5, 0.6) is 5.75 Å². The molecule has 0 aliphatic carbocycles. The number of para-hydroxylation sites is 1. The second-order valence-electron chi connectivity index (χ2n) is 6.50. The number of carboxylic acid groups (broad SMARTS) is 1. The van der Waals surface area contributed by atoms with Crippen LogP contribution in [0.4, 0.5) is 0 Å². The molecule has 0 saturated carbocycles. The van der Waals surface area contributed by atoms with E-state index in [-0.39, 0.29) is 12.5 Å². The zero-order valence-electron chi connectivity index (χ0n) is 14.9. The van der Waals surface area contributed by atoms with Gasteiger partial charge in [0.15, 0.2) is 6.61 Å². The second-order valence-corrected chi connectivity index (χ2v) is 6.50. The molecule has 1 aliphatic rings. The van der Waals surface area contributed by atoms with Gasteiger partial charge >= 0.3 is 5.97 Å². The number of carbonyl (C=O) groups excluding carboxylic acids is 1. The van der Waals surface area contributed by atoms with Crippen molar-refractivity contribution in [2.75, 3.05) is 19.8 Å². The zero-order valence-corrected chi connectivity index (χ0v) is 14.9. The summed E-state index contributed by atoms with van der Waals surface area (Å²) < 4.78 is 11.0. The smallest absolute Gasteiger partial charge is 0.326 e. The van der Waals surface area contributed by atoms with Gasteiger partial charge in [-0.1, -0.05) is 32.0 Å². The highest BCUT2D eigenvalue weighted by atomic mass is 16.5. The molecule has 1 aromatic rings. The van der Waals surface area contributed by atoms with Crippen molar-refractivity contribution in [2.24, 2.45) is 5.92 Å². The predicted octanol–water partition coefficient (Wildman–Crippen LogP) is 2.57. The van der Waals surface area contributed by atoms with Crippen molar-refractivity contribution < 1.29 is 24.2 Å². The van der Waals surface area contributed by atoms with Gasteiger partial charge in [-0.25, -0.2) is 4.79 Å². The number of rotatable bonds is 8. The molecular formula is C19H27NO5. The van der Waals surface area contributed by atoms with Gasteiger partial charge in [-0.3, -0.25) is 4.79 Å². The monoisotopic (exact) mass is 349 g/mol. The third kappa shape index (κ3) is 5.46. The van der Waals surface area contributed by atoms with Gasteiger partial charge in [-0.15, -0.1) is 0 Å². The van der Waals surface area contributed by atoms with E-state index in [0.29, 0.717) is 24.9 Å². The topological polar surface area (TPSA) is 84.9 Å². The first-order valence-corrected chi connectivity index (χ1v) is 8.84. The van der Waals surface area contributed by atoms with Crippen LogP contribution in [-0.2, 0) is 14.3 Å². The van der Waals surface area contributed by atoms with Crippen LogP contribution in [0.2, 0.25) is 0 Å². The SMILES string of the molecule is CCC(C)c1ccccc1OCC(=O)NC(C(=O)O)C1CCCOC1. The lowest BCUT2D eigenvalue weighted by atomic mass is 9.93. The largest absolute Gasteiger partial charge is 0.483 e. The standard InChI is InChI=1S/C19H27NO5/c1-3-13(2)15-8-4-5-9-16(15)25-12-17(21)20-18(19(22)23)14-7-6-10-24-11-14/h4-5,8-9,13-14,18H,3,6-7,10-12H2,1-2H3,(H,20,21)(H,22,23). The fraction of sp³-hybridized carbons (Fsp3) is 0.579. The highest BCUT2D eigenvalue weighted by Crippen LogP contribution is 2.28. The Morgan fingerprint density at radius 2 is 2.16 bits per heavy atom. The van der Waals surface area contributed by atoms with Gasteiger partial charge in [0.25, 0.3) is 5.91 Å². The van der Waals surface area contributed by atoms with E-state index in [1.54, 1.807) is 0 Å². The molecule has 0 radical (unpaired) electrons. The van der Waals surface area contributed by atoms with Crippen LogP contribution in [0.25, 0.3) is 0 Å². The van der Waals surface area contributed by atoms with Crippen LogP contribution in [0, 0.1) is 5.92 Å². The lowest BCUT2D eigenvalue weighted by Gasteiger charge is -2.28. The van der Waals surface area contributed by atoms with Crippen molar-refractivity contribution in [3.63, 3.8) is 0 Å². The van der Waals surface area contributed by atoms with Crippen LogP contribution >= 0.6 is 0 Å². The first-order valence-electron chi connectivity index (χ1n) is 8.84. The minimum atomic E-state index is -1.04. The van der Waals surface area contributed by atoms with Crippen molar-refractivity contribution >= 4 is 11.9 Å². The Morgan fingerprint density at radius 1 is 1.40 bits per heavy atom. The molecule has 2 rings (SSSR count). The first kappa shape index (κ1) is 19.2. The quantitative estimate of drug-likeness (QED) is 0.753. The van der Waals surface area contributed by atoms with Crippen LogP contribution < -0.4 is 10.1 Å². The van der Waals surface area contributed by atoms with E-state index in [0.717, 1.165) is 24.8 Å². The van der Waals surface area contributed by atoms with Gasteiger partial charge < -0.3 is 19.9 Å². The van der Waals surface area contributed by atoms with Crippen LogP contribution in [0.3, 0.4) is 0 Å². The molecule has 1 fully saturated rings. The molecular weight excluding hydrogens is 322 g/mol. The fourth-order valence-corrected chi connectivity index (χ4v) is 3.01. The van der Waals surface area contributed by atoms with Crippen molar-refractivity contribution in [1.29, 1.82) is 0 Å². The van der Waals surface area contributed by atoms with E-state index in [2.05, 4.69) is 19.2 Å². The summed E-state index contributed by atoms with van der Waals surface area (Å²) in [5.41, 5.74) is 1.05. The number of benzene rings is 1. The second kappa shape index (κ2) is 9.42. The summed E-state index contributed by atoms with van der Waals surface area (Å²) in [5, 5.41) is 12.0. The molecule has 2 N–H and O–H groups in total. The summed E-state index contributed by atoms with van der Waals surface area (Å²) in [6, 6.07) is 6.68. The van der Waals surface area contributed by atoms with Crippen molar-refractivity contribution in [3.8, 4) is 5.75 Å². The Bertz CT molecular complexity index is 583. The Kier molecular flexibility index (Phi) is 7.25. The molecule has 1 heterocycles. The molecule has 6 nitrogen and oxygen atoms in total. The molecule has 25 heavy (non-hydrogen) atoms. The van der Waals surface area contributed by atoms with Gasteiger partial charge in [0.05, 0.1) is 6.61 Å². The van der Waals surface area contributed by atoms with E-state index in [1.807, 2.05) is 24.3 Å². The van der Waals surface area contributed by atoms with Gasteiger partial charge in [-0.2, -0.15) is 0 Å². The summed E-state index contributed by atoms with van der Waals surface area (Å²) in [6.45, 7) is 5.00. The van der Waals surface area contributed by atoms with Crippen LogP contribution in [0.1, 0.15) is 44.6 Å². The third-order valence-corrected chi connectivity index (χ3v) is 4.67. The molecule has 6 heteroatoms. The van der Waals surface area contributed by atoms with Gasteiger partial charge in [-0.05, 0) is 36.8 Å². The molecule has 0 aromatic heterocycles. The molecule has 1 aliphatic heterocycles. The molecule has 3 unspecified atom stereocenters. The maximum Gasteiger partial charge on any atom is 0.326 e. The van der Waals surface area contributed by atoms with E-state index in [9.17, 15) is 14.7 Å². The number of amides is 1. The maximum absolute atomic E-state index is 12.2. The number of aliphatic carboxylic acids is 1. The number of hydrogen-bond donors (Lipinski definition) is 2. The highest BCUT2D eigenvalue weighted by molar-refractivity contribution is 5.84. The number of carboxylic acids is 1. The molecule has 0 bridgehead atoms. The van der Waals surface area contributed by atoms with Crippen molar-refractivity contribution in [2.45, 2.75) is 45.1 Å². The summed E-state index contributed by atoms with van der Waals surface area (Å²) in [5.74, 6) is -0.686. The number of nitrogens with one attached hydrogen (secondary N) is 1. The van der Waals surface area contributed by atoms with E-state index in [1.165, 1.54) is 0 Å². The summed E-state index contributed by atoms with van der Waals surface area (Å²) in [6.07, 6.45) is 2.51. The summed E-state index contributed by atoms with van der Waals surface area (Å²) in [7, 11) is 0. The fourth-order valence-electron chi connectivity index (χ4n) is 3.01. The molecule has 1 saturated heterocycles. The normalized spacial score (nSPS) is 19.7. The summed E-state index contributed by atoms with van der Waals surface area (Å²) >= 11 is 0. The average Bonchev–Trinajstić information content (AvgIpc) is 2.64. The van der Waals surface area contributed by atoms with Gasteiger partial charge in [0.2, 0.25) is 0 Å². The van der Waals surface area contributed by atoms with Gasteiger partial charge in [0.1, 0.15) is 11.8 Å². The Hall–Kier alpha value is -2.08. The van der Waals surface area contributed by atoms with Gasteiger partial charge in [0, 0.05) is 12.5 Å². The number of hydrogen-bond acceptors (Lipinski definition) is 4. The highest BCUT2D eigenvalue weighted by Gasteiger charge is 2.31. The minimum absolute atomic E-state index is 0.204. The molecule has 0 spiro atoms. The molecule has 1 aromatic carbocycles. The molecule has 138 valence electrons. The van der Waals surface area contributed by atoms with Crippen LogP contribution in [0.15, 0.2) is 24.3 Å². The van der Waals surface area contributed by atoms with Crippen molar-refractivity contribution in [1.82, 2.24) is 5.32 Å². The van der Waals surface area contributed by atoms with E-state index >= 15 is 0 Å². The van der Waals surface area contributed by atoms with Crippen molar-refractivity contribution in [3.05, 3.63) is 29.8 Å². The lowest BCUT2D eigenvalue weighted by Crippen LogP contribution is -2.49. The summed E-state index contributed by atoms with van der Waals surface area (Å²) in [4.78, 5) is 23.7. The number of carbonyl (C=O) groups is 2. The Morgan fingerprint density at radius 3 is 2.80 bits per heavy atom. The zero-order chi connectivity index (χ0) is 18.2. The van der Waals surface area contributed by atoms with E-state index < -0.39 is 17.9 Å². The Labute approximate surface area is 148 Å². The lowest BCUT2D eigenvalue weighted by molar-refractivity contribution is -0.145. The van der Waals surface area contributed by atoms with E-state index in [4.69, 9.17) is 9.47 Å². The van der Waals surface area contributed by atoms with Crippen LogP contribution in [-0.4, -0.2) is 42.8 Å². The average molecular weight is 349 g/mol. The molecule has 3 atom stereocenters. The Balaban J connectivity index is 1.94. The third-order valence-electron chi connectivity index (χ3n) is 4.67. The first-order chi connectivity index (χ1) is 12.0. The maximum atomic E-state index is 12.2.